The Kier molecular flexibility index (Phi) is 7.98. The number of nitrogens with one attached hydrogen (secondary N) is 1. The number of benzene rings is 2. The maximum Gasteiger partial charge on any atom is 0.436 e. The molecule has 1 aliphatic carbocycles. The van der Waals surface area contributed by atoms with Crippen molar-refractivity contribution in [2.45, 2.75) is 44.5 Å². The molecule has 35 heavy (non-hydrogen) atoms. The number of alkyl halides is 3. The maximum atomic E-state index is 13.2. The molecule has 0 unspecified atom stereocenters. The molecule has 1 saturated carbocycles. The number of aromatic nitrogens is 2. The fraction of sp³-hybridized carbons (Fsp3) is 0.333. The van der Waals surface area contributed by atoms with Crippen LogP contribution < -0.4 is 10.1 Å². The summed E-state index contributed by atoms with van der Waals surface area (Å²) in [5.74, 6) is 0.302. The minimum absolute atomic E-state index is 0.0166. The second-order valence-corrected chi connectivity index (χ2v) is 9.91. The molecule has 0 bridgehead atoms. The Balaban J connectivity index is 1.27. The molecular weight excluding hydrogens is 570 g/mol. The lowest BCUT2D eigenvalue weighted by Gasteiger charge is -2.10. The average molecular weight is 591 g/mol. The maximum absolute atomic E-state index is 13.2. The summed E-state index contributed by atoms with van der Waals surface area (Å²) < 4.78 is 47.4. The molecule has 1 aromatic heterocycles. The van der Waals surface area contributed by atoms with E-state index in [4.69, 9.17) is 27.9 Å². The summed E-state index contributed by atoms with van der Waals surface area (Å²) in [7, 11) is 0. The molecule has 0 radical (unpaired) electrons. The number of ether oxygens (including phenoxy) is 1. The van der Waals surface area contributed by atoms with Crippen LogP contribution in [0, 0.1) is 0 Å². The molecule has 2 aromatic carbocycles. The summed E-state index contributed by atoms with van der Waals surface area (Å²) in [5, 5.41) is 6.67. The minimum Gasteiger partial charge on any atom is -0.487 e. The van der Waals surface area contributed by atoms with Gasteiger partial charge in [-0.25, -0.2) is 0 Å². The van der Waals surface area contributed by atoms with Crippen molar-refractivity contribution in [1.82, 2.24) is 15.1 Å². The van der Waals surface area contributed by atoms with Crippen LogP contribution in [0.25, 0.3) is 0 Å². The predicted molar refractivity (Wildman–Crippen MR) is 131 cm³/mol. The zero-order valence-electron chi connectivity index (χ0n) is 18.3. The van der Waals surface area contributed by atoms with Crippen LogP contribution in [-0.4, -0.2) is 22.2 Å². The van der Waals surface area contributed by atoms with Gasteiger partial charge in [0.25, 0.3) is 5.91 Å². The lowest BCUT2D eigenvalue weighted by Crippen LogP contribution is -2.25. The SMILES string of the molecule is O=C(NCCCn1nc(C(F)(F)F)c(Cl)c1C1CC1)c1ccc(COc2ccc(Br)cc2Cl)cc1. The van der Waals surface area contributed by atoms with Gasteiger partial charge in [-0.3, -0.25) is 9.48 Å². The fourth-order valence-corrected chi connectivity index (χ4v) is 4.71. The van der Waals surface area contributed by atoms with Gasteiger partial charge in [0.05, 0.1) is 15.7 Å². The van der Waals surface area contributed by atoms with E-state index in [0.29, 0.717) is 35.1 Å². The van der Waals surface area contributed by atoms with Crippen LogP contribution >= 0.6 is 39.1 Å². The van der Waals surface area contributed by atoms with Crippen LogP contribution in [0.15, 0.2) is 46.9 Å². The van der Waals surface area contributed by atoms with Crippen molar-refractivity contribution in [3.63, 3.8) is 0 Å². The van der Waals surface area contributed by atoms with Crippen LogP contribution in [0.3, 0.4) is 0 Å². The van der Waals surface area contributed by atoms with Gasteiger partial charge in [-0.1, -0.05) is 51.3 Å². The summed E-state index contributed by atoms with van der Waals surface area (Å²) in [6, 6.07) is 12.3. The van der Waals surface area contributed by atoms with Gasteiger partial charge >= 0.3 is 6.18 Å². The van der Waals surface area contributed by atoms with Crippen LogP contribution in [-0.2, 0) is 19.3 Å². The summed E-state index contributed by atoms with van der Waals surface area (Å²) >= 11 is 15.5. The molecule has 1 amide bonds. The number of hydrogen-bond donors (Lipinski definition) is 1. The van der Waals surface area contributed by atoms with Gasteiger partial charge in [-0.05, 0) is 55.2 Å². The van der Waals surface area contributed by atoms with Crippen LogP contribution in [0.5, 0.6) is 5.75 Å². The van der Waals surface area contributed by atoms with E-state index in [2.05, 4.69) is 26.3 Å². The molecule has 1 N–H and O–H groups in total. The van der Waals surface area contributed by atoms with Crippen molar-refractivity contribution in [3.05, 3.63) is 79.5 Å². The monoisotopic (exact) mass is 589 g/mol. The lowest BCUT2D eigenvalue weighted by atomic mass is 10.1. The molecule has 0 spiro atoms. The molecule has 3 aromatic rings. The Morgan fingerprint density at radius 2 is 1.89 bits per heavy atom. The molecule has 0 aliphatic heterocycles. The number of aryl methyl sites for hydroxylation is 1. The zero-order chi connectivity index (χ0) is 25.2. The first kappa shape index (κ1) is 25.9. The zero-order valence-corrected chi connectivity index (χ0v) is 21.4. The Hall–Kier alpha value is -2.23. The van der Waals surface area contributed by atoms with Crippen molar-refractivity contribution in [1.29, 1.82) is 0 Å². The Morgan fingerprint density at radius 3 is 2.51 bits per heavy atom. The van der Waals surface area contributed by atoms with Gasteiger partial charge in [0.1, 0.15) is 12.4 Å². The van der Waals surface area contributed by atoms with E-state index in [1.165, 1.54) is 4.68 Å². The average Bonchev–Trinajstić information content (AvgIpc) is 3.58. The normalized spacial score (nSPS) is 13.7. The lowest BCUT2D eigenvalue weighted by molar-refractivity contribution is -0.141. The topological polar surface area (TPSA) is 56.2 Å². The highest BCUT2D eigenvalue weighted by Gasteiger charge is 2.41. The van der Waals surface area contributed by atoms with E-state index in [9.17, 15) is 18.0 Å². The molecular formula is C24H21BrCl2F3N3O2. The third-order valence-electron chi connectivity index (χ3n) is 5.50. The van der Waals surface area contributed by atoms with Crippen molar-refractivity contribution in [2.75, 3.05) is 6.54 Å². The first-order valence-electron chi connectivity index (χ1n) is 10.9. The van der Waals surface area contributed by atoms with E-state index in [-0.39, 0.29) is 29.9 Å². The summed E-state index contributed by atoms with van der Waals surface area (Å²) in [6.07, 6.45) is -2.57. The molecule has 186 valence electrons. The molecule has 4 rings (SSSR count). The Bertz CT molecular complexity index is 1210. The minimum atomic E-state index is -4.60. The molecule has 0 atom stereocenters. The highest BCUT2D eigenvalue weighted by atomic mass is 79.9. The highest BCUT2D eigenvalue weighted by molar-refractivity contribution is 9.10. The second-order valence-electron chi connectivity index (χ2n) is 8.21. The molecule has 1 heterocycles. The molecule has 0 saturated heterocycles. The first-order valence-corrected chi connectivity index (χ1v) is 12.5. The van der Waals surface area contributed by atoms with Gasteiger partial charge in [0.15, 0.2) is 5.69 Å². The molecule has 11 heteroatoms. The van der Waals surface area contributed by atoms with Gasteiger partial charge in [-0.15, -0.1) is 0 Å². The van der Waals surface area contributed by atoms with Gasteiger partial charge in [-0.2, -0.15) is 18.3 Å². The fourth-order valence-electron chi connectivity index (χ4n) is 3.59. The van der Waals surface area contributed by atoms with Crippen LogP contribution in [0.4, 0.5) is 13.2 Å². The number of carbonyl (C=O) groups is 1. The molecule has 1 fully saturated rings. The van der Waals surface area contributed by atoms with Crippen LogP contribution in [0.1, 0.15) is 52.5 Å². The number of amides is 1. The summed E-state index contributed by atoms with van der Waals surface area (Å²) in [5.41, 5.74) is 0.726. The van der Waals surface area contributed by atoms with Crippen molar-refractivity contribution < 1.29 is 22.7 Å². The van der Waals surface area contributed by atoms with Crippen molar-refractivity contribution in [3.8, 4) is 5.75 Å². The van der Waals surface area contributed by atoms with E-state index in [0.717, 1.165) is 22.9 Å². The van der Waals surface area contributed by atoms with Gasteiger partial charge in [0, 0.05) is 29.0 Å². The van der Waals surface area contributed by atoms with Crippen molar-refractivity contribution in [2.24, 2.45) is 0 Å². The third-order valence-corrected chi connectivity index (χ3v) is 6.66. The number of hydrogen-bond acceptors (Lipinski definition) is 3. The summed E-state index contributed by atoms with van der Waals surface area (Å²) in [4.78, 5) is 12.4. The van der Waals surface area contributed by atoms with Crippen LogP contribution in [0.2, 0.25) is 10.0 Å². The van der Waals surface area contributed by atoms with E-state index < -0.39 is 11.9 Å². The van der Waals surface area contributed by atoms with E-state index in [1.807, 2.05) is 6.07 Å². The predicted octanol–water partition coefficient (Wildman–Crippen LogP) is 7.25. The first-order chi connectivity index (χ1) is 16.6. The molecule has 1 aliphatic rings. The second kappa shape index (κ2) is 10.8. The third kappa shape index (κ3) is 6.51. The Morgan fingerprint density at radius 1 is 1.17 bits per heavy atom. The number of rotatable bonds is 9. The van der Waals surface area contributed by atoms with E-state index >= 15 is 0 Å². The summed E-state index contributed by atoms with van der Waals surface area (Å²) in [6.45, 7) is 0.810. The number of carbonyl (C=O) groups excluding carboxylic acids is 1. The largest absolute Gasteiger partial charge is 0.487 e. The molecule has 5 nitrogen and oxygen atoms in total. The van der Waals surface area contributed by atoms with Gasteiger partial charge < -0.3 is 10.1 Å². The van der Waals surface area contributed by atoms with Crippen molar-refractivity contribution >= 4 is 45.0 Å². The Labute approximate surface area is 218 Å². The number of nitrogens with zero attached hydrogens (tertiary/aromatic N) is 2. The van der Waals surface area contributed by atoms with Gasteiger partial charge in [0.2, 0.25) is 0 Å². The highest BCUT2D eigenvalue weighted by Crippen LogP contribution is 2.46. The van der Waals surface area contributed by atoms with E-state index in [1.54, 1.807) is 36.4 Å². The smallest absolute Gasteiger partial charge is 0.436 e. The quantitative estimate of drug-likeness (QED) is 0.267. The number of halogens is 6. The standard InChI is InChI=1S/C24H21BrCl2F3N3O2/c25-17-8-9-19(18(26)12-17)35-13-14-2-4-16(5-3-14)23(34)31-10-1-11-33-21(15-6-7-15)20(27)22(32-33)24(28,29)30/h2-5,8-9,12,15H,1,6-7,10-11,13H2,(H,31,34).